The van der Waals surface area contributed by atoms with Gasteiger partial charge in [-0.3, -0.25) is 4.79 Å². The van der Waals surface area contributed by atoms with E-state index in [1.165, 1.54) is 0 Å². The van der Waals surface area contributed by atoms with Crippen molar-refractivity contribution in [3.05, 3.63) is 29.8 Å². The molecule has 92 valence electrons. The number of aliphatic hydroxyl groups excluding tert-OH is 1. The second kappa shape index (κ2) is 5.29. The van der Waals surface area contributed by atoms with E-state index in [9.17, 15) is 9.90 Å². The van der Waals surface area contributed by atoms with Gasteiger partial charge in [0.25, 0.3) is 0 Å². The normalized spacial score (nSPS) is 23.6. The molecule has 0 aromatic heterocycles. The molecule has 2 unspecified atom stereocenters. The van der Waals surface area contributed by atoms with E-state index < -0.39 is 0 Å². The van der Waals surface area contributed by atoms with Crippen LogP contribution < -0.4 is 5.32 Å². The standard InChI is InChI=1S/C13H17NO3/c1-9-11(6-7-17-9)13(16)14-12-5-3-2-4-10(12)8-15/h2-5,9,11,15H,6-8H2,1H3,(H,14,16). The summed E-state index contributed by atoms with van der Waals surface area (Å²) in [6.07, 6.45) is 0.727. The fraction of sp³-hybridized carbons (Fsp3) is 0.462. The van der Waals surface area contributed by atoms with Crippen molar-refractivity contribution in [2.24, 2.45) is 5.92 Å². The van der Waals surface area contributed by atoms with Crippen LogP contribution in [-0.2, 0) is 16.1 Å². The Labute approximate surface area is 101 Å². The largest absolute Gasteiger partial charge is 0.392 e. The van der Waals surface area contributed by atoms with Crippen molar-refractivity contribution in [1.29, 1.82) is 0 Å². The van der Waals surface area contributed by atoms with Crippen molar-refractivity contribution in [3.63, 3.8) is 0 Å². The highest BCUT2D eigenvalue weighted by molar-refractivity contribution is 5.93. The third-order valence-electron chi connectivity index (χ3n) is 3.16. The maximum atomic E-state index is 12.0. The molecule has 0 aliphatic carbocycles. The summed E-state index contributed by atoms with van der Waals surface area (Å²) in [5.41, 5.74) is 1.41. The molecular weight excluding hydrogens is 218 g/mol. The Morgan fingerprint density at radius 3 is 2.94 bits per heavy atom. The highest BCUT2D eigenvalue weighted by Crippen LogP contribution is 2.23. The van der Waals surface area contributed by atoms with E-state index in [4.69, 9.17) is 4.74 Å². The van der Waals surface area contributed by atoms with Crippen LogP contribution in [0.3, 0.4) is 0 Å². The average Bonchev–Trinajstić information content (AvgIpc) is 2.76. The number of carbonyl (C=O) groups excluding carboxylic acids is 1. The summed E-state index contributed by atoms with van der Waals surface area (Å²) in [4.78, 5) is 12.0. The van der Waals surface area contributed by atoms with Crippen LogP contribution in [0.25, 0.3) is 0 Å². The van der Waals surface area contributed by atoms with Crippen LogP contribution in [-0.4, -0.2) is 23.7 Å². The predicted octanol–water partition coefficient (Wildman–Crippen LogP) is 1.54. The lowest BCUT2D eigenvalue weighted by Gasteiger charge is -2.15. The highest BCUT2D eigenvalue weighted by atomic mass is 16.5. The third kappa shape index (κ3) is 2.65. The summed E-state index contributed by atoms with van der Waals surface area (Å²) in [5.74, 6) is -0.127. The SMILES string of the molecule is CC1OCCC1C(=O)Nc1ccccc1CO. The topological polar surface area (TPSA) is 58.6 Å². The van der Waals surface area contributed by atoms with Crippen molar-refractivity contribution >= 4 is 11.6 Å². The van der Waals surface area contributed by atoms with Gasteiger partial charge in [-0.25, -0.2) is 0 Å². The Morgan fingerprint density at radius 2 is 2.29 bits per heavy atom. The fourth-order valence-corrected chi connectivity index (χ4v) is 2.08. The van der Waals surface area contributed by atoms with Gasteiger partial charge in [0.15, 0.2) is 0 Å². The molecule has 4 heteroatoms. The smallest absolute Gasteiger partial charge is 0.230 e. The second-order valence-corrected chi connectivity index (χ2v) is 4.28. The minimum Gasteiger partial charge on any atom is -0.392 e. The van der Waals surface area contributed by atoms with Gasteiger partial charge in [0.1, 0.15) is 0 Å². The first kappa shape index (κ1) is 12.1. The first-order valence-electron chi connectivity index (χ1n) is 5.83. The molecular formula is C13H17NO3. The maximum Gasteiger partial charge on any atom is 0.230 e. The zero-order chi connectivity index (χ0) is 12.3. The number of hydrogen-bond acceptors (Lipinski definition) is 3. The van der Waals surface area contributed by atoms with Crippen LogP contribution >= 0.6 is 0 Å². The third-order valence-corrected chi connectivity index (χ3v) is 3.16. The molecule has 4 nitrogen and oxygen atoms in total. The van der Waals surface area contributed by atoms with Gasteiger partial charge in [0.2, 0.25) is 5.91 Å². The van der Waals surface area contributed by atoms with Crippen LogP contribution in [0.15, 0.2) is 24.3 Å². The lowest BCUT2D eigenvalue weighted by molar-refractivity contribution is -0.121. The molecule has 1 saturated heterocycles. The Bertz CT molecular complexity index is 405. The molecule has 1 amide bonds. The summed E-state index contributed by atoms with van der Waals surface area (Å²) in [7, 11) is 0. The number of rotatable bonds is 3. The van der Waals surface area contributed by atoms with E-state index in [0.717, 1.165) is 12.0 Å². The summed E-state index contributed by atoms with van der Waals surface area (Å²) < 4.78 is 5.37. The lowest BCUT2D eigenvalue weighted by Crippen LogP contribution is -2.28. The van der Waals surface area contributed by atoms with Crippen molar-refractivity contribution in [1.82, 2.24) is 0 Å². The van der Waals surface area contributed by atoms with Crippen molar-refractivity contribution in [2.45, 2.75) is 26.1 Å². The predicted molar refractivity (Wildman–Crippen MR) is 64.5 cm³/mol. The summed E-state index contributed by atoms with van der Waals surface area (Å²) in [6.45, 7) is 2.48. The molecule has 1 aromatic rings. The van der Waals surface area contributed by atoms with E-state index in [-0.39, 0.29) is 24.5 Å². The molecule has 17 heavy (non-hydrogen) atoms. The Hall–Kier alpha value is -1.39. The van der Waals surface area contributed by atoms with Crippen LogP contribution in [0.5, 0.6) is 0 Å². The molecule has 2 N–H and O–H groups in total. The van der Waals surface area contributed by atoms with E-state index in [1.807, 2.05) is 19.1 Å². The van der Waals surface area contributed by atoms with Crippen molar-refractivity contribution in [2.75, 3.05) is 11.9 Å². The molecule has 1 fully saturated rings. The number of ether oxygens (including phenoxy) is 1. The second-order valence-electron chi connectivity index (χ2n) is 4.28. The van der Waals surface area contributed by atoms with E-state index in [1.54, 1.807) is 12.1 Å². The lowest BCUT2D eigenvalue weighted by atomic mass is 10.0. The first-order valence-corrected chi connectivity index (χ1v) is 5.83. The first-order chi connectivity index (χ1) is 8.22. The van der Waals surface area contributed by atoms with Crippen LogP contribution in [0.1, 0.15) is 18.9 Å². The van der Waals surface area contributed by atoms with Gasteiger partial charge in [0.05, 0.1) is 18.6 Å². The monoisotopic (exact) mass is 235 g/mol. The number of benzene rings is 1. The maximum absolute atomic E-state index is 12.0. The van der Waals surface area contributed by atoms with Crippen molar-refractivity contribution in [3.8, 4) is 0 Å². The van der Waals surface area contributed by atoms with Gasteiger partial charge >= 0.3 is 0 Å². The molecule has 1 aliphatic heterocycles. The van der Waals surface area contributed by atoms with Gasteiger partial charge in [0, 0.05) is 17.9 Å². The number of hydrogen-bond donors (Lipinski definition) is 2. The number of aliphatic hydroxyl groups is 1. The molecule has 0 radical (unpaired) electrons. The van der Waals surface area contributed by atoms with Crippen LogP contribution in [0, 0.1) is 5.92 Å². The molecule has 0 spiro atoms. The zero-order valence-electron chi connectivity index (χ0n) is 9.85. The van der Waals surface area contributed by atoms with Gasteiger partial charge in [-0.15, -0.1) is 0 Å². The minimum absolute atomic E-state index is 0.0312. The molecule has 2 atom stereocenters. The number of amides is 1. The van der Waals surface area contributed by atoms with E-state index in [0.29, 0.717) is 12.3 Å². The number of para-hydroxylation sites is 1. The molecule has 1 heterocycles. The fourth-order valence-electron chi connectivity index (χ4n) is 2.08. The van der Waals surface area contributed by atoms with Gasteiger partial charge in [-0.2, -0.15) is 0 Å². The quantitative estimate of drug-likeness (QED) is 0.835. The van der Waals surface area contributed by atoms with Gasteiger partial charge in [-0.05, 0) is 19.4 Å². The number of anilines is 1. The summed E-state index contributed by atoms with van der Waals surface area (Å²) in [5, 5.41) is 12.0. The number of carbonyl (C=O) groups is 1. The van der Waals surface area contributed by atoms with E-state index >= 15 is 0 Å². The van der Waals surface area contributed by atoms with Gasteiger partial charge < -0.3 is 15.2 Å². The highest BCUT2D eigenvalue weighted by Gasteiger charge is 2.30. The molecule has 1 aliphatic rings. The molecule has 0 bridgehead atoms. The Kier molecular flexibility index (Phi) is 3.76. The summed E-state index contributed by atoms with van der Waals surface area (Å²) in [6, 6.07) is 7.26. The van der Waals surface area contributed by atoms with Crippen LogP contribution in [0.2, 0.25) is 0 Å². The molecule has 2 rings (SSSR count). The molecule has 1 aromatic carbocycles. The number of nitrogens with one attached hydrogen (secondary N) is 1. The Morgan fingerprint density at radius 1 is 1.53 bits per heavy atom. The average molecular weight is 235 g/mol. The van der Waals surface area contributed by atoms with Crippen LogP contribution in [0.4, 0.5) is 5.69 Å². The van der Waals surface area contributed by atoms with Gasteiger partial charge in [-0.1, -0.05) is 18.2 Å². The van der Waals surface area contributed by atoms with E-state index in [2.05, 4.69) is 5.32 Å². The van der Waals surface area contributed by atoms with Crippen molar-refractivity contribution < 1.29 is 14.6 Å². The zero-order valence-corrected chi connectivity index (χ0v) is 9.85. The summed E-state index contributed by atoms with van der Waals surface area (Å²) >= 11 is 0. The minimum atomic E-state index is -0.0956. The Balaban J connectivity index is 2.07. The molecule has 0 saturated carbocycles.